The van der Waals surface area contributed by atoms with Crippen LogP contribution in [0.15, 0.2) is 30.3 Å². The zero-order chi connectivity index (χ0) is 19.7. The van der Waals surface area contributed by atoms with Crippen LogP contribution >= 0.6 is 0 Å². The minimum Gasteiger partial charge on any atom is -0.444 e. The van der Waals surface area contributed by atoms with Crippen LogP contribution in [0.1, 0.15) is 46.6 Å². The van der Waals surface area contributed by atoms with Crippen LogP contribution in [0, 0.1) is 5.92 Å². The number of alkyl carbamates (subject to hydrolysis) is 1. The fraction of sp³-hybridized carbons (Fsp3) is 0.550. The van der Waals surface area contributed by atoms with Gasteiger partial charge in [-0.25, -0.2) is 4.79 Å². The van der Waals surface area contributed by atoms with E-state index in [1.807, 2.05) is 50.5 Å². The van der Waals surface area contributed by atoms with E-state index in [-0.39, 0.29) is 5.92 Å². The summed E-state index contributed by atoms with van der Waals surface area (Å²) in [5.41, 5.74) is 0.261. The third-order valence-corrected chi connectivity index (χ3v) is 3.46. The second-order valence-corrected chi connectivity index (χ2v) is 7.70. The largest absolute Gasteiger partial charge is 0.444 e. The molecule has 0 bridgehead atoms. The van der Waals surface area contributed by atoms with Crippen LogP contribution in [0.2, 0.25) is 0 Å². The molecule has 0 aliphatic heterocycles. The van der Waals surface area contributed by atoms with Gasteiger partial charge in [0.1, 0.15) is 11.6 Å². The SMILES string of the molecule is CC(C)C[C@H](NC(=O)OC(C)(C)C)C(=O)N[C@H]([C]=O)Cc1ccccc1. The molecule has 2 atom stereocenters. The lowest BCUT2D eigenvalue weighted by Crippen LogP contribution is -2.51. The summed E-state index contributed by atoms with van der Waals surface area (Å²) in [5.74, 6) is -0.248. The van der Waals surface area contributed by atoms with E-state index in [9.17, 15) is 14.4 Å². The number of ether oxygens (including phenoxy) is 1. The number of rotatable bonds is 8. The first-order chi connectivity index (χ1) is 12.1. The predicted octanol–water partition coefficient (Wildman–Crippen LogP) is 2.76. The van der Waals surface area contributed by atoms with E-state index >= 15 is 0 Å². The molecule has 0 spiro atoms. The molecule has 0 aliphatic rings. The summed E-state index contributed by atoms with van der Waals surface area (Å²) in [6, 6.07) is 7.80. The van der Waals surface area contributed by atoms with Gasteiger partial charge in [0.2, 0.25) is 12.2 Å². The monoisotopic (exact) mass is 361 g/mol. The molecule has 6 nitrogen and oxygen atoms in total. The van der Waals surface area contributed by atoms with Crippen LogP contribution in [-0.4, -0.2) is 36.0 Å². The van der Waals surface area contributed by atoms with E-state index in [0.717, 1.165) is 5.56 Å². The quantitative estimate of drug-likeness (QED) is 0.746. The topological polar surface area (TPSA) is 84.5 Å². The molecule has 0 aliphatic carbocycles. The first-order valence-corrected chi connectivity index (χ1v) is 8.82. The van der Waals surface area contributed by atoms with Gasteiger partial charge >= 0.3 is 6.09 Å². The smallest absolute Gasteiger partial charge is 0.408 e. The Morgan fingerprint density at radius 2 is 1.73 bits per heavy atom. The molecule has 143 valence electrons. The van der Waals surface area contributed by atoms with Crippen molar-refractivity contribution in [3.8, 4) is 0 Å². The molecule has 6 heteroatoms. The van der Waals surface area contributed by atoms with Gasteiger partial charge in [-0.1, -0.05) is 44.2 Å². The van der Waals surface area contributed by atoms with Gasteiger partial charge in [-0.05, 0) is 38.7 Å². The predicted molar refractivity (Wildman–Crippen MR) is 100 cm³/mol. The van der Waals surface area contributed by atoms with Gasteiger partial charge in [-0.15, -0.1) is 0 Å². The standard InChI is InChI=1S/C20H29N2O4/c1-14(2)11-17(22-19(25)26-20(3,4)5)18(24)21-16(13-23)12-15-9-7-6-8-10-15/h6-10,14,16-17H,11-12H2,1-5H3,(H,21,24)(H,22,25)/t16-,17-/m0/s1. The lowest BCUT2D eigenvalue weighted by molar-refractivity contribution is -0.123. The molecule has 1 aromatic carbocycles. The second-order valence-electron chi connectivity index (χ2n) is 7.70. The van der Waals surface area contributed by atoms with Crippen LogP contribution in [0.4, 0.5) is 4.79 Å². The van der Waals surface area contributed by atoms with Crippen molar-refractivity contribution in [2.45, 2.75) is 65.1 Å². The minimum atomic E-state index is -0.781. The molecule has 1 aromatic rings. The maximum Gasteiger partial charge on any atom is 0.408 e. The summed E-state index contributed by atoms with van der Waals surface area (Å²) >= 11 is 0. The van der Waals surface area contributed by atoms with Gasteiger partial charge in [0, 0.05) is 6.42 Å². The van der Waals surface area contributed by atoms with Crippen molar-refractivity contribution in [3.63, 3.8) is 0 Å². The minimum absolute atomic E-state index is 0.175. The Hall–Kier alpha value is -2.37. The Kier molecular flexibility index (Phi) is 8.29. The number of nitrogens with one attached hydrogen (secondary N) is 2. The molecule has 0 saturated heterocycles. The molecular formula is C20H29N2O4. The van der Waals surface area contributed by atoms with Gasteiger partial charge < -0.3 is 15.4 Å². The summed E-state index contributed by atoms with van der Waals surface area (Å²) in [5, 5.41) is 5.25. The van der Waals surface area contributed by atoms with Gasteiger partial charge in [-0.2, -0.15) is 0 Å². The van der Waals surface area contributed by atoms with Crippen molar-refractivity contribution in [1.29, 1.82) is 0 Å². The molecule has 1 radical (unpaired) electrons. The molecular weight excluding hydrogens is 332 g/mol. The normalized spacial score (nSPS) is 13.6. The van der Waals surface area contributed by atoms with Crippen LogP contribution in [-0.2, 0) is 20.7 Å². The molecule has 0 fully saturated rings. The van der Waals surface area contributed by atoms with Crippen molar-refractivity contribution in [3.05, 3.63) is 35.9 Å². The highest BCUT2D eigenvalue weighted by Gasteiger charge is 2.26. The number of hydrogen-bond donors (Lipinski definition) is 2. The number of carbonyl (C=O) groups is 2. The Morgan fingerprint density at radius 1 is 1.12 bits per heavy atom. The van der Waals surface area contributed by atoms with Crippen LogP contribution in [0.25, 0.3) is 0 Å². The maximum absolute atomic E-state index is 12.6. The van der Waals surface area contributed by atoms with Crippen molar-refractivity contribution < 1.29 is 19.1 Å². The summed E-state index contributed by atoms with van der Waals surface area (Å²) < 4.78 is 5.22. The molecule has 2 amide bonds. The second kappa shape index (κ2) is 9.94. The third kappa shape index (κ3) is 8.65. The van der Waals surface area contributed by atoms with Crippen LogP contribution in [0.5, 0.6) is 0 Å². The number of amides is 2. The van der Waals surface area contributed by atoms with E-state index in [4.69, 9.17) is 4.74 Å². The lowest BCUT2D eigenvalue weighted by atomic mass is 10.0. The summed E-state index contributed by atoms with van der Waals surface area (Å²) in [4.78, 5) is 35.8. The van der Waals surface area contributed by atoms with Crippen molar-refractivity contribution in [2.24, 2.45) is 5.92 Å². The molecule has 0 heterocycles. The Bertz CT molecular complexity index is 594. The van der Waals surface area contributed by atoms with E-state index in [2.05, 4.69) is 10.6 Å². The van der Waals surface area contributed by atoms with Crippen molar-refractivity contribution in [2.75, 3.05) is 0 Å². The zero-order valence-electron chi connectivity index (χ0n) is 16.2. The van der Waals surface area contributed by atoms with Gasteiger partial charge in [0.15, 0.2) is 0 Å². The van der Waals surface area contributed by atoms with Gasteiger partial charge in [0.05, 0.1) is 6.04 Å². The van der Waals surface area contributed by atoms with Crippen molar-refractivity contribution >= 4 is 18.3 Å². The number of hydrogen-bond acceptors (Lipinski definition) is 4. The summed E-state index contributed by atoms with van der Waals surface area (Å²) in [7, 11) is 0. The van der Waals surface area contributed by atoms with Crippen molar-refractivity contribution in [1.82, 2.24) is 10.6 Å². The van der Waals surface area contributed by atoms with Gasteiger partial charge in [0.25, 0.3) is 0 Å². The number of benzene rings is 1. The van der Waals surface area contributed by atoms with E-state index in [0.29, 0.717) is 12.8 Å². The van der Waals surface area contributed by atoms with E-state index < -0.39 is 29.7 Å². The Morgan fingerprint density at radius 3 is 2.23 bits per heavy atom. The van der Waals surface area contributed by atoms with Crippen LogP contribution in [0.3, 0.4) is 0 Å². The number of carbonyl (C=O) groups excluding carboxylic acids is 3. The first-order valence-electron chi connectivity index (χ1n) is 8.82. The zero-order valence-corrected chi connectivity index (χ0v) is 16.2. The Balaban J connectivity index is 2.74. The maximum atomic E-state index is 12.6. The molecule has 2 N–H and O–H groups in total. The summed E-state index contributed by atoms with van der Waals surface area (Å²) in [6.45, 7) is 9.15. The fourth-order valence-electron chi connectivity index (χ4n) is 2.40. The molecule has 0 saturated carbocycles. The van der Waals surface area contributed by atoms with Gasteiger partial charge in [-0.3, -0.25) is 9.59 Å². The van der Waals surface area contributed by atoms with E-state index in [1.54, 1.807) is 20.8 Å². The molecule has 0 aromatic heterocycles. The molecule has 0 unspecified atom stereocenters. The average Bonchev–Trinajstić information content (AvgIpc) is 2.52. The fourth-order valence-corrected chi connectivity index (χ4v) is 2.40. The van der Waals surface area contributed by atoms with E-state index in [1.165, 1.54) is 0 Å². The first kappa shape index (κ1) is 21.7. The summed E-state index contributed by atoms with van der Waals surface area (Å²) in [6.07, 6.45) is 1.97. The average molecular weight is 361 g/mol. The molecule has 26 heavy (non-hydrogen) atoms. The third-order valence-electron chi connectivity index (χ3n) is 3.46. The highest BCUT2D eigenvalue weighted by molar-refractivity contribution is 5.87. The van der Waals surface area contributed by atoms with Crippen LogP contribution < -0.4 is 10.6 Å². The molecule has 1 rings (SSSR count). The Labute approximate surface area is 155 Å². The highest BCUT2D eigenvalue weighted by Crippen LogP contribution is 2.10. The highest BCUT2D eigenvalue weighted by atomic mass is 16.6. The lowest BCUT2D eigenvalue weighted by Gasteiger charge is -2.25.